The molecule has 0 radical (unpaired) electrons. The van der Waals surface area contributed by atoms with E-state index in [1.165, 1.54) is 13.8 Å². The molecule has 0 rings (SSSR count). The largest absolute Gasteiger partial charge is 0.390 e. The fraction of sp³-hybridized carbons (Fsp3) is 0.857. The molecule has 0 aromatic carbocycles. The predicted molar refractivity (Wildman–Crippen MR) is 47.6 cm³/mol. The van der Waals surface area contributed by atoms with Gasteiger partial charge in [-0.2, -0.15) is 0 Å². The number of aliphatic hydroxyl groups is 2. The van der Waals surface area contributed by atoms with Gasteiger partial charge >= 0.3 is 0 Å². The van der Waals surface area contributed by atoms with Gasteiger partial charge in [0.1, 0.15) is 0 Å². The number of aliphatic hydroxyl groups excluding tert-OH is 1. The third-order valence-electron chi connectivity index (χ3n) is 1.51. The van der Waals surface area contributed by atoms with Crippen molar-refractivity contribution in [3.8, 4) is 0 Å². The molecule has 0 spiro atoms. The molecular formula is C7H17N3O2. The highest BCUT2D eigenvalue weighted by atomic mass is 16.3. The number of aliphatic imine (C=N–C) groups is 1. The second-order valence-corrected chi connectivity index (χ2v) is 3.26. The van der Waals surface area contributed by atoms with Crippen molar-refractivity contribution in [3.05, 3.63) is 0 Å². The van der Waals surface area contributed by atoms with Gasteiger partial charge in [-0.05, 0) is 20.3 Å². The van der Waals surface area contributed by atoms with Crippen molar-refractivity contribution in [3.63, 3.8) is 0 Å². The molecule has 0 heterocycles. The van der Waals surface area contributed by atoms with Gasteiger partial charge in [-0.25, -0.2) is 0 Å². The Kier molecular flexibility index (Phi) is 3.99. The van der Waals surface area contributed by atoms with Crippen molar-refractivity contribution < 1.29 is 10.2 Å². The van der Waals surface area contributed by atoms with Crippen LogP contribution in [0.5, 0.6) is 0 Å². The second-order valence-electron chi connectivity index (χ2n) is 3.26. The summed E-state index contributed by atoms with van der Waals surface area (Å²) in [4.78, 5) is 3.68. The van der Waals surface area contributed by atoms with Gasteiger partial charge in [-0.15, -0.1) is 0 Å². The molecule has 5 heteroatoms. The zero-order valence-corrected chi connectivity index (χ0v) is 7.49. The molecule has 0 aliphatic carbocycles. The molecule has 1 atom stereocenters. The van der Waals surface area contributed by atoms with Crippen LogP contribution in [0.3, 0.4) is 0 Å². The lowest BCUT2D eigenvalue weighted by Crippen LogP contribution is -2.36. The van der Waals surface area contributed by atoms with Gasteiger partial charge in [0.15, 0.2) is 5.96 Å². The average molecular weight is 175 g/mol. The fourth-order valence-corrected chi connectivity index (χ4v) is 0.669. The van der Waals surface area contributed by atoms with Gasteiger partial charge in [0, 0.05) is 6.54 Å². The van der Waals surface area contributed by atoms with Gasteiger partial charge in [-0.1, -0.05) is 0 Å². The van der Waals surface area contributed by atoms with Crippen LogP contribution >= 0.6 is 0 Å². The summed E-state index contributed by atoms with van der Waals surface area (Å²) in [5.74, 6) is -0.00190. The van der Waals surface area contributed by atoms with E-state index in [1.54, 1.807) is 0 Å². The first kappa shape index (κ1) is 11.2. The molecule has 0 bridgehead atoms. The standard InChI is InChI=1S/C7H17N3O2/c1-7(2,12)5(11)3-4-10-6(8)9/h5,11-12H,3-4H2,1-2H3,(H4,8,9,10)/t5-/m0/s1. The molecule has 0 saturated carbocycles. The van der Waals surface area contributed by atoms with Crippen molar-refractivity contribution in [1.29, 1.82) is 0 Å². The van der Waals surface area contributed by atoms with E-state index < -0.39 is 11.7 Å². The highest BCUT2D eigenvalue weighted by Crippen LogP contribution is 2.11. The van der Waals surface area contributed by atoms with E-state index in [2.05, 4.69) is 4.99 Å². The maximum absolute atomic E-state index is 9.30. The Morgan fingerprint density at radius 1 is 1.50 bits per heavy atom. The minimum Gasteiger partial charge on any atom is -0.390 e. The lowest BCUT2D eigenvalue weighted by molar-refractivity contribution is -0.0499. The van der Waals surface area contributed by atoms with Gasteiger partial charge in [0.25, 0.3) is 0 Å². The number of hydrogen-bond donors (Lipinski definition) is 4. The van der Waals surface area contributed by atoms with Crippen LogP contribution in [-0.4, -0.2) is 34.4 Å². The maximum atomic E-state index is 9.30. The quantitative estimate of drug-likeness (QED) is 0.317. The molecule has 0 aliphatic heterocycles. The molecule has 0 aromatic rings. The Morgan fingerprint density at radius 2 is 2.00 bits per heavy atom. The van der Waals surface area contributed by atoms with Gasteiger partial charge < -0.3 is 21.7 Å². The maximum Gasteiger partial charge on any atom is 0.185 e. The Bertz CT molecular complexity index is 159. The summed E-state index contributed by atoms with van der Waals surface area (Å²) in [6, 6.07) is 0. The molecule has 0 aromatic heterocycles. The highest BCUT2D eigenvalue weighted by molar-refractivity contribution is 5.75. The zero-order chi connectivity index (χ0) is 9.78. The van der Waals surface area contributed by atoms with Crippen LogP contribution in [0, 0.1) is 0 Å². The summed E-state index contributed by atoms with van der Waals surface area (Å²) in [5.41, 5.74) is 9.04. The minimum atomic E-state index is -1.10. The molecule has 0 aliphatic rings. The van der Waals surface area contributed by atoms with Gasteiger partial charge in [0.05, 0.1) is 11.7 Å². The molecule has 0 amide bonds. The SMILES string of the molecule is CC(C)(O)[C@@H](O)CCN=C(N)N. The first-order valence-electron chi connectivity index (χ1n) is 3.80. The van der Waals surface area contributed by atoms with Crippen molar-refractivity contribution in [2.24, 2.45) is 16.5 Å². The monoisotopic (exact) mass is 175 g/mol. The molecule has 5 nitrogen and oxygen atoms in total. The van der Waals surface area contributed by atoms with E-state index in [9.17, 15) is 10.2 Å². The van der Waals surface area contributed by atoms with Crippen molar-refractivity contribution in [2.45, 2.75) is 32.0 Å². The van der Waals surface area contributed by atoms with Crippen LogP contribution in [0.2, 0.25) is 0 Å². The normalized spacial score (nSPS) is 14.0. The molecule has 0 saturated heterocycles. The summed E-state index contributed by atoms with van der Waals surface area (Å²) in [6.45, 7) is 3.40. The lowest BCUT2D eigenvalue weighted by atomic mass is 9.99. The third-order valence-corrected chi connectivity index (χ3v) is 1.51. The van der Waals surface area contributed by atoms with Crippen molar-refractivity contribution in [2.75, 3.05) is 6.54 Å². The summed E-state index contributed by atoms with van der Waals surface area (Å²) in [7, 11) is 0. The first-order chi connectivity index (χ1) is 5.34. The Hall–Kier alpha value is -0.810. The molecule has 12 heavy (non-hydrogen) atoms. The topological polar surface area (TPSA) is 105 Å². The summed E-state index contributed by atoms with van der Waals surface area (Å²) < 4.78 is 0. The molecule has 0 fully saturated rings. The number of hydrogen-bond acceptors (Lipinski definition) is 3. The Labute approximate surface area is 72.1 Å². The van der Waals surface area contributed by atoms with E-state index in [-0.39, 0.29) is 5.96 Å². The van der Waals surface area contributed by atoms with Crippen molar-refractivity contribution >= 4 is 5.96 Å². The zero-order valence-electron chi connectivity index (χ0n) is 7.49. The molecule has 72 valence electrons. The van der Waals surface area contributed by atoms with Gasteiger partial charge in [0.2, 0.25) is 0 Å². The first-order valence-corrected chi connectivity index (χ1v) is 3.80. The van der Waals surface area contributed by atoms with Crippen LogP contribution in [0.1, 0.15) is 20.3 Å². The summed E-state index contributed by atoms with van der Waals surface area (Å²) >= 11 is 0. The van der Waals surface area contributed by atoms with Crippen LogP contribution in [0.25, 0.3) is 0 Å². The number of nitrogens with two attached hydrogens (primary N) is 2. The average Bonchev–Trinajstić information content (AvgIpc) is 1.84. The van der Waals surface area contributed by atoms with E-state index in [0.29, 0.717) is 13.0 Å². The fourth-order valence-electron chi connectivity index (χ4n) is 0.669. The number of guanidine groups is 1. The second kappa shape index (κ2) is 4.27. The van der Waals surface area contributed by atoms with Crippen LogP contribution in [0.4, 0.5) is 0 Å². The van der Waals surface area contributed by atoms with E-state index in [4.69, 9.17) is 11.5 Å². The van der Waals surface area contributed by atoms with Gasteiger partial charge in [-0.3, -0.25) is 4.99 Å². The predicted octanol–water partition coefficient (Wildman–Crippen LogP) is -1.22. The highest BCUT2D eigenvalue weighted by Gasteiger charge is 2.23. The Balaban J connectivity index is 3.73. The Morgan fingerprint density at radius 3 is 2.33 bits per heavy atom. The molecule has 6 N–H and O–H groups in total. The smallest absolute Gasteiger partial charge is 0.185 e. The van der Waals surface area contributed by atoms with E-state index in [1.807, 2.05) is 0 Å². The molecular weight excluding hydrogens is 158 g/mol. The van der Waals surface area contributed by atoms with E-state index >= 15 is 0 Å². The number of nitrogens with zero attached hydrogens (tertiary/aromatic N) is 1. The molecule has 0 unspecified atom stereocenters. The third kappa shape index (κ3) is 4.92. The lowest BCUT2D eigenvalue weighted by Gasteiger charge is -2.23. The number of rotatable bonds is 4. The van der Waals surface area contributed by atoms with Crippen LogP contribution in [-0.2, 0) is 0 Å². The summed E-state index contributed by atoms with van der Waals surface area (Å²) in [5, 5.41) is 18.6. The summed E-state index contributed by atoms with van der Waals surface area (Å²) in [6.07, 6.45) is -0.456. The van der Waals surface area contributed by atoms with Crippen molar-refractivity contribution in [1.82, 2.24) is 0 Å². The van der Waals surface area contributed by atoms with Crippen LogP contribution < -0.4 is 11.5 Å². The van der Waals surface area contributed by atoms with E-state index in [0.717, 1.165) is 0 Å². The van der Waals surface area contributed by atoms with Crippen LogP contribution in [0.15, 0.2) is 4.99 Å². The minimum absolute atomic E-state index is 0.00190.